The molecule has 3 rings (SSSR count). The number of benzene rings is 1. The van der Waals surface area contributed by atoms with Crippen molar-refractivity contribution in [2.45, 2.75) is 12.8 Å². The van der Waals surface area contributed by atoms with Gasteiger partial charge < -0.3 is 14.7 Å². The van der Waals surface area contributed by atoms with Crippen molar-refractivity contribution in [3.8, 4) is 11.5 Å². The number of aliphatic hydroxyl groups is 1. The van der Waals surface area contributed by atoms with Gasteiger partial charge in [-0.3, -0.25) is 4.79 Å². The molecule has 1 N–H and O–H groups in total. The third-order valence-electron chi connectivity index (χ3n) is 2.79. The fourth-order valence-electron chi connectivity index (χ4n) is 1.99. The quantitative estimate of drug-likeness (QED) is 0.495. The molecule has 5 heteroatoms. The average Bonchev–Trinajstić information content (AvgIpc) is 2.28. The summed E-state index contributed by atoms with van der Waals surface area (Å²) in [6, 6.07) is 3.96. The Balaban J connectivity index is 2.59. The number of fused-ring (bicyclic) bond motifs is 2. The van der Waals surface area contributed by atoms with E-state index < -0.39 is 0 Å². The summed E-state index contributed by atoms with van der Waals surface area (Å²) in [6.45, 7) is 0. The van der Waals surface area contributed by atoms with Gasteiger partial charge in [0.2, 0.25) is 5.76 Å². The van der Waals surface area contributed by atoms with Crippen LogP contribution in [0.15, 0.2) is 27.4 Å². The largest absolute Gasteiger partial charge is 0.618 e. The van der Waals surface area contributed by atoms with Gasteiger partial charge in [-0.15, -0.1) is 0 Å². The third kappa shape index (κ3) is 1.39. The summed E-state index contributed by atoms with van der Waals surface area (Å²) in [7, 11) is 0. The van der Waals surface area contributed by atoms with Crippen LogP contribution >= 0.6 is 0 Å². The van der Waals surface area contributed by atoms with E-state index in [2.05, 4.69) is 0 Å². The fraction of sp³-hybridized carbons (Fsp3) is 0.167. The topological polar surface area (TPSA) is 77.4 Å². The van der Waals surface area contributed by atoms with Crippen LogP contribution in [0.2, 0.25) is 0 Å². The van der Waals surface area contributed by atoms with Gasteiger partial charge in [-0.2, -0.15) is 4.73 Å². The molecule has 0 aromatic rings. The molecular weight excluding hydrogens is 222 g/mol. The van der Waals surface area contributed by atoms with Gasteiger partial charge in [0.05, 0.1) is 0 Å². The number of aliphatic hydroxyl groups excluding tert-OH is 1. The summed E-state index contributed by atoms with van der Waals surface area (Å²) < 4.78 is 6.07. The first kappa shape index (κ1) is 9.89. The Bertz CT molecular complexity index is 744. The summed E-state index contributed by atoms with van der Waals surface area (Å²) in [6.07, 6.45) is 2.78. The van der Waals surface area contributed by atoms with Gasteiger partial charge in [0.1, 0.15) is 0 Å². The van der Waals surface area contributed by atoms with Crippen LogP contribution in [0.4, 0.5) is 0 Å². The highest BCUT2D eigenvalue weighted by atomic mass is 16.5. The Morgan fingerprint density at radius 3 is 3.06 bits per heavy atom. The summed E-state index contributed by atoms with van der Waals surface area (Å²) in [5, 5.41) is 21.9. The van der Waals surface area contributed by atoms with Crippen molar-refractivity contribution in [1.29, 1.82) is 0 Å². The van der Waals surface area contributed by atoms with Gasteiger partial charge >= 0.3 is 0 Å². The number of nitrogens with zero attached hydrogens (tertiary/aromatic N) is 1. The van der Waals surface area contributed by atoms with Crippen molar-refractivity contribution in [3.63, 3.8) is 0 Å². The Kier molecular flexibility index (Phi) is 1.95. The van der Waals surface area contributed by atoms with Crippen LogP contribution in [0.1, 0.15) is 12.8 Å². The zero-order chi connectivity index (χ0) is 12.0. The van der Waals surface area contributed by atoms with Gasteiger partial charge in [0.15, 0.2) is 16.6 Å². The predicted molar refractivity (Wildman–Crippen MR) is 59.5 cm³/mol. The lowest BCUT2D eigenvalue weighted by atomic mass is 10.1. The molecule has 0 aromatic heterocycles. The molecule has 3 aliphatic rings. The molecule has 0 unspecified atom stereocenters. The summed E-state index contributed by atoms with van der Waals surface area (Å²) in [5.41, 5.74) is 0.345. The van der Waals surface area contributed by atoms with Gasteiger partial charge in [-0.05, 0) is 18.6 Å². The van der Waals surface area contributed by atoms with Crippen LogP contribution in [-0.2, 0) is 0 Å². The lowest BCUT2D eigenvalue weighted by Gasteiger charge is -2.09. The molecular formula is C12H9NO4. The summed E-state index contributed by atoms with van der Waals surface area (Å²) >= 11 is 0. The van der Waals surface area contributed by atoms with Crippen molar-refractivity contribution in [2.24, 2.45) is 0 Å². The highest BCUT2D eigenvalue weighted by Gasteiger charge is 2.21. The maximum absolute atomic E-state index is 12.0. The molecule has 0 atom stereocenters. The first-order valence-electron chi connectivity index (χ1n) is 5.25. The van der Waals surface area contributed by atoms with Crippen LogP contribution in [0, 0.1) is 5.21 Å². The van der Waals surface area contributed by atoms with Crippen LogP contribution in [0.3, 0.4) is 0 Å². The molecule has 86 valence electrons. The van der Waals surface area contributed by atoms with E-state index in [1.807, 2.05) is 0 Å². The first-order chi connectivity index (χ1) is 8.16. The van der Waals surface area contributed by atoms with Crippen molar-refractivity contribution in [3.05, 3.63) is 44.4 Å². The molecule has 2 aliphatic carbocycles. The minimum Gasteiger partial charge on any atom is -0.618 e. The fourth-order valence-corrected chi connectivity index (χ4v) is 1.99. The van der Waals surface area contributed by atoms with Gasteiger partial charge in [0, 0.05) is 18.6 Å². The molecule has 5 nitrogen and oxygen atoms in total. The zero-order valence-corrected chi connectivity index (χ0v) is 8.84. The SMILES string of the molecule is O=c1ccc2[n+]([O-])c3c(oc-2c1)=CCCC=3O. The predicted octanol–water partition coefficient (Wildman–Crippen LogP) is -0.381. The molecule has 0 fully saturated rings. The highest BCUT2D eigenvalue weighted by molar-refractivity contribution is 5.50. The van der Waals surface area contributed by atoms with E-state index >= 15 is 0 Å². The molecule has 0 saturated heterocycles. The second-order valence-corrected chi connectivity index (χ2v) is 3.93. The highest BCUT2D eigenvalue weighted by Crippen LogP contribution is 2.12. The smallest absolute Gasteiger partial charge is 0.297 e. The maximum atomic E-state index is 12.0. The Hall–Kier alpha value is -2.30. The summed E-state index contributed by atoms with van der Waals surface area (Å²) in [5.74, 6) is 0.256. The molecule has 17 heavy (non-hydrogen) atoms. The van der Waals surface area contributed by atoms with E-state index in [0.29, 0.717) is 23.0 Å². The molecule has 0 amide bonds. The van der Waals surface area contributed by atoms with Crippen molar-refractivity contribution in [2.75, 3.05) is 0 Å². The van der Waals surface area contributed by atoms with Crippen molar-refractivity contribution < 1.29 is 14.3 Å². The molecule has 0 saturated carbocycles. The maximum Gasteiger partial charge on any atom is 0.297 e. The Morgan fingerprint density at radius 1 is 1.41 bits per heavy atom. The van der Waals surface area contributed by atoms with Crippen LogP contribution < -0.4 is 20.9 Å². The van der Waals surface area contributed by atoms with Crippen LogP contribution in [-0.4, -0.2) is 5.11 Å². The minimum atomic E-state index is -0.217. The van der Waals surface area contributed by atoms with Gasteiger partial charge in [-0.1, -0.05) is 0 Å². The number of rotatable bonds is 0. The molecule has 0 aromatic carbocycles. The van der Waals surface area contributed by atoms with Crippen LogP contribution in [0.25, 0.3) is 23.3 Å². The van der Waals surface area contributed by atoms with E-state index in [1.165, 1.54) is 18.2 Å². The second kappa shape index (κ2) is 3.35. The monoisotopic (exact) mass is 231 g/mol. The number of hydrogen-bond acceptors (Lipinski definition) is 4. The van der Waals surface area contributed by atoms with Gasteiger partial charge in [-0.25, -0.2) is 0 Å². The Labute approximate surface area is 95.5 Å². The molecule has 0 spiro atoms. The summed E-state index contributed by atoms with van der Waals surface area (Å²) in [4.78, 5) is 11.2. The number of hydrogen-bond donors (Lipinski definition) is 1. The standard InChI is InChI=1S/C12H9NO4/c14-7-4-5-8-11(6-7)17-10-3-1-2-9(15)12(10)13(8)16/h3-6,15H,1-2H2. The van der Waals surface area contributed by atoms with Crippen LogP contribution in [0.5, 0.6) is 0 Å². The van der Waals surface area contributed by atoms with Crippen molar-refractivity contribution in [1.82, 2.24) is 0 Å². The lowest BCUT2D eigenvalue weighted by molar-refractivity contribution is -0.612. The molecule has 1 aliphatic heterocycles. The van der Waals surface area contributed by atoms with E-state index in [1.54, 1.807) is 6.08 Å². The lowest BCUT2D eigenvalue weighted by Crippen LogP contribution is -2.57. The van der Waals surface area contributed by atoms with E-state index in [0.717, 1.165) is 0 Å². The van der Waals surface area contributed by atoms with Crippen molar-refractivity contribution >= 4 is 11.8 Å². The third-order valence-corrected chi connectivity index (χ3v) is 2.79. The normalized spacial score (nSPS) is 14.5. The van der Waals surface area contributed by atoms with E-state index in [-0.39, 0.29) is 28.0 Å². The van der Waals surface area contributed by atoms with E-state index in [4.69, 9.17) is 4.42 Å². The Morgan fingerprint density at radius 2 is 2.24 bits per heavy atom. The molecule has 1 heterocycles. The molecule has 0 radical (unpaired) electrons. The number of aromatic nitrogens is 1. The zero-order valence-electron chi connectivity index (χ0n) is 8.84. The molecule has 0 bridgehead atoms. The van der Waals surface area contributed by atoms with Gasteiger partial charge in [0.25, 0.3) is 11.0 Å². The van der Waals surface area contributed by atoms with E-state index in [9.17, 15) is 15.1 Å². The first-order valence-corrected chi connectivity index (χ1v) is 5.25. The average molecular weight is 231 g/mol. The second-order valence-electron chi connectivity index (χ2n) is 3.93. The minimum absolute atomic E-state index is 0.0225.